The Bertz CT molecular complexity index is 554. The lowest BCUT2D eigenvalue weighted by Crippen LogP contribution is -2.02. The van der Waals surface area contributed by atoms with Gasteiger partial charge in [-0.2, -0.15) is 0 Å². The maximum absolute atomic E-state index is 11.5. The first kappa shape index (κ1) is 11.5. The number of aryl methyl sites for hydroxylation is 1. The van der Waals surface area contributed by atoms with Gasteiger partial charge in [-0.1, -0.05) is 0 Å². The van der Waals surface area contributed by atoms with Gasteiger partial charge in [0.05, 0.1) is 13.7 Å². The quantitative estimate of drug-likeness (QED) is 0.766. The molecular weight excluding hydrogens is 220 g/mol. The number of furan rings is 1. The molecule has 0 atom stereocenters. The molecule has 0 saturated heterocycles. The average Bonchev–Trinajstić information content (AvgIpc) is 2.71. The van der Waals surface area contributed by atoms with Crippen molar-refractivity contribution in [1.29, 1.82) is 0 Å². The van der Waals surface area contributed by atoms with Crippen molar-refractivity contribution in [1.82, 2.24) is 0 Å². The van der Waals surface area contributed by atoms with E-state index in [4.69, 9.17) is 13.9 Å². The second kappa shape index (κ2) is 4.49. The maximum atomic E-state index is 11.5. The number of hydrogen-bond donors (Lipinski definition) is 0. The Morgan fingerprint density at radius 3 is 2.76 bits per heavy atom. The van der Waals surface area contributed by atoms with Crippen LogP contribution >= 0.6 is 0 Å². The van der Waals surface area contributed by atoms with Crippen molar-refractivity contribution in [2.24, 2.45) is 0 Å². The molecule has 1 heterocycles. The zero-order valence-electron chi connectivity index (χ0n) is 10.1. The van der Waals surface area contributed by atoms with E-state index in [9.17, 15) is 4.79 Å². The molecule has 0 amide bonds. The SMILES string of the molecule is CCOC(=O)c1cc2cc(C)cc(OC)c2o1. The smallest absolute Gasteiger partial charge is 0.374 e. The lowest BCUT2D eigenvalue weighted by Gasteiger charge is -2.01. The van der Waals surface area contributed by atoms with Gasteiger partial charge < -0.3 is 13.9 Å². The zero-order valence-corrected chi connectivity index (χ0v) is 10.1. The monoisotopic (exact) mass is 234 g/mol. The molecule has 1 aromatic carbocycles. The molecule has 2 aromatic rings. The molecule has 0 spiro atoms. The Labute approximate surface area is 99.1 Å². The summed E-state index contributed by atoms with van der Waals surface area (Å²) in [7, 11) is 1.57. The minimum Gasteiger partial charge on any atom is -0.493 e. The van der Waals surface area contributed by atoms with Gasteiger partial charge in [0.2, 0.25) is 5.76 Å². The Kier molecular flexibility index (Phi) is 3.04. The number of benzene rings is 1. The van der Waals surface area contributed by atoms with Crippen LogP contribution in [0.2, 0.25) is 0 Å². The summed E-state index contributed by atoms with van der Waals surface area (Å²) in [5.41, 5.74) is 1.62. The van der Waals surface area contributed by atoms with Crippen molar-refractivity contribution < 1.29 is 18.7 Å². The van der Waals surface area contributed by atoms with Crippen LogP contribution in [0.3, 0.4) is 0 Å². The van der Waals surface area contributed by atoms with E-state index in [1.165, 1.54) is 0 Å². The highest BCUT2D eigenvalue weighted by atomic mass is 16.5. The molecule has 0 saturated carbocycles. The van der Waals surface area contributed by atoms with Gasteiger partial charge in [-0.05, 0) is 37.6 Å². The highest BCUT2D eigenvalue weighted by molar-refractivity contribution is 5.94. The number of carbonyl (C=O) groups is 1. The number of carbonyl (C=O) groups excluding carboxylic acids is 1. The van der Waals surface area contributed by atoms with E-state index in [0.717, 1.165) is 10.9 Å². The highest BCUT2D eigenvalue weighted by Gasteiger charge is 2.16. The van der Waals surface area contributed by atoms with Gasteiger partial charge in [0.25, 0.3) is 0 Å². The third-order valence-electron chi connectivity index (χ3n) is 2.42. The Morgan fingerprint density at radius 1 is 1.35 bits per heavy atom. The minimum atomic E-state index is -0.455. The predicted octanol–water partition coefficient (Wildman–Crippen LogP) is 2.93. The molecule has 0 radical (unpaired) electrons. The Hall–Kier alpha value is -1.97. The van der Waals surface area contributed by atoms with Gasteiger partial charge in [0.1, 0.15) is 0 Å². The average molecular weight is 234 g/mol. The van der Waals surface area contributed by atoms with Gasteiger partial charge in [0, 0.05) is 5.39 Å². The summed E-state index contributed by atoms with van der Waals surface area (Å²) < 4.78 is 15.6. The summed E-state index contributed by atoms with van der Waals surface area (Å²) >= 11 is 0. The molecule has 90 valence electrons. The molecule has 1 aromatic heterocycles. The largest absolute Gasteiger partial charge is 0.493 e. The fourth-order valence-corrected chi connectivity index (χ4v) is 1.72. The van der Waals surface area contributed by atoms with Crippen LogP contribution in [-0.2, 0) is 4.74 Å². The van der Waals surface area contributed by atoms with Crippen molar-refractivity contribution in [3.8, 4) is 5.75 Å². The predicted molar refractivity (Wildman–Crippen MR) is 63.5 cm³/mol. The topological polar surface area (TPSA) is 48.7 Å². The van der Waals surface area contributed by atoms with Crippen molar-refractivity contribution in [2.75, 3.05) is 13.7 Å². The summed E-state index contributed by atoms with van der Waals surface area (Å²) in [6.07, 6.45) is 0. The van der Waals surface area contributed by atoms with Crippen LogP contribution in [-0.4, -0.2) is 19.7 Å². The standard InChI is InChI=1S/C13H14O4/c1-4-16-13(14)11-7-9-5-8(2)6-10(15-3)12(9)17-11/h5-7H,4H2,1-3H3. The molecule has 2 rings (SSSR count). The maximum Gasteiger partial charge on any atom is 0.374 e. The van der Waals surface area contributed by atoms with E-state index in [0.29, 0.717) is 17.9 Å². The summed E-state index contributed by atoms with van der Waals surface area (Å²) in [4.78, 5) is 11.5. The molecule has 0 aliphatic heterocycles. The Balaban J connectivity index is 2.53. The van der Waals surface area contributed by atoms with E-state index >= 15 is 0 Å². The van der Waals surface area contributed by atoms with Crippen molar-refractivity contribution in [3.63, 3.8) is 0 Å². The molecular formula is C13H14O4. The summed E-state index contributed by atoms with van der Waals surface area (Å²) in [5, 5.41) is 0.838. The molecule has 0 fully saturated rings. The zero-order chi connectivity index (χ0) is 12.4. The number of rotatable bonds is 3. The van der Waals surface area contributed by atoms with Gasteiger partial charge in [-0.25, -0.2) is 4.79 Å². The molecule has 17 heavy (non-hydrogen) atoms. The second-order valence-corrected chi connectivity index (χ2v) is 3.72. The number of fused-ring (bicyclic) bond motifs is 1. The van der Waals surface area contributed by atoms with Gasteiger partial charge in [-0.15, -0.1) is 0 Å². The molecule has 0 aliphatic rings. The van der Waals surface area contributed by atoms with Crippen molar-refractivity contribution in [2.45, 2.75) is 13.8 Å². The van der Waals surface area contributed by atoms with Crippen molar-refractivity contribution >= 4 is 16.9 Å². The number of ether oxygens (including phenoxy) is 2. The van der Waals surface area contributed by atoms with Gasteiger partial charge >= 0.3 is 5.97 Å². The fraction of sp³-hybridized carbons (Fsp3) is 0.308. The first-order valence-corrected chi connectivity index (χ1v) is 5.41. The summed E-state index contributed by atoms with van der Waals surface area (Å²) in [5.74, 6) is 0.365. The molecule has 4 nitrogen and oxygen atoms in total. The molecule has 0 bridgehead atoms. The van der Waals surface area contributed by atoms with E-state index in [1.54, 1.807) is 20.1 Å². The van der Waals surface area contributed by atoms with Crippen LogP contribution in [0, 0.1) is 6.92 Å². The Morgan fingerprint density at radius 2 is 2.12 bits per heavy atom. The van der Waals surface area contributed by atoms with Gasteiger partial charge in [-0.3, -0.25) is 0 Å². The first-order valence-electron chi connectivity index (χ1n) is 5.41. The molecule has 4 heteroatoms. The van der Waals surface area contributed by atoms with E-state index in [-0.39, 0.29) is 5.76 Å². The number of esters is 1. The fourth-order valence-electron chi connectivity index (χ4n) is 1.72. The molecule has 0 unspecified atom stereocenters. The van der Waals surface area contributed by atoms with Crippen LogP contribution in [0.4, 0.5) is 0 Å². The van der Waals surface area contributed by atoms with E-state index in [1.807, 2.05) is 19.1 Å². The van der Waals surface area contributed by atoms with Crippen LogP contribution in [0.5, 0.6) is 5.75 Å². The van der Waals surface area contributed by atoms with E-state index in [2.05, 4.69) is 0 Å². The van der Waals surface area contributed by atoms with Crippen molar-refractivity contribution in [3.05, 3.63) is 29.5 Å². The number of methoxy groups -OCH3 is 1. The van der Waals surface area contributed by atoms with Gasteiger partial charge in [0.15, 0.2) is 11.3 Å². The van der Waals surface area contributed by atoms with Crippen LogP contribution in [0.15, 0.2) is 22.6 Å². The third kappa shape index (κ3) is 2.11. The lowest BCUT2D eigenvalue weighted by molar-refractivity contribution is 0.0492. The molecule has 0 aliphatic carbocycles. The summed E-state index contributed by atoms with van der Waals surface area (Å²) in [6, 6.07) is 5.47. The second-order valence-electron chi connectivity index (χ2n) is 3.72. The van der Waals surface area contributed by atoms with Crippen LogP contribution in [0.25, 0.3) is 11.0 Å². The lowest BCUT2D eigenvalue weighted by atomic mass is 10.1. The summed E-state index contributed by atoms with van der Waals surface area (Å²) in [6.45, 7) is 4.04. The number of hydrogen-bond acceptors (Lipinski definition) is 4. The third-order valence-corrected chi connectivity index (χ3v) is 2.42. The minimum absolute atomic E-state index is 0.200. The normalized spacial score (nSPS) is 10.5. The van der Waals surface area contributed by atoms with E-state index < -0.39 is 5.97 Å². The molecule has 0 N–H and O–H groups in total. The van der Waals surface area contributed by atoms with Crippen LogP contribution in [0.1, 0.15) is 23.0 Å². The highest BCUT2D eigenvalue weighted by Crippen LogP contribution is 2.30. The van der Waals surface area contributed by atoms with Crippen LogP contribution < -0.4 is 4.74 Å². The first-order chi connectivity index (χ1) is 8.15.